The molecule has 0 spiro atoms. The molecule has 3 aromatic rings. The Balaban J connectivity index is 1.95. The molecular weight excluding hydrogens is 254 g/mol. The van der Waals surface area contributed by atoms with Crippen LogP contribution in [0.2, 0.25) is 0 Å². The number of nitrogen functional groups attached to an aromatic ring is 1. The van der Waals surface area contributed by atoms with Crippen molar-refractivity contribution in [2.75, 3.05) is 5.73 Å². The van der Waals surface area contributed by atoms with Crippen LogP contribution >= 0.6 is 0 Å². The first-order chi connectivity index (χ1) is 9.65. The molecule has 20 heavy (non-hydrogen) atoms. The molecule has 1 aromatic carbocycles. The SMILES string of the molecule is Cc1ccc(C=CC(=O)n2nc(N)c3ccccc32)o1. The van der Waals surface area contributed by atoms with Crippen LogP contribution in [0.3, 0.4) is 0 Å². The first kappa shape index (κ1) is 12.2. The Morgan fingerprint density at radius 1 is 1.30 bits per heavy atom. The van der Waals surface area contributed by atoms with Gasteiger partial charge in [0.05, 0.1) is 5.52 Å². The highest BCUT2D eigenvalue weighted by molar-refractivity contribution is 6.01. The highest BCUT2D eigenvalue weighted by Gasteiger charge is 2.11. The van der Waals surface area contributed by atoms with Crippen LogP contribution in [0.15, 0.2) is 46.9 Å². The standard InChI is InChI=1S/C15H13N3O2/c1-10-6-7-11(20-10)8-9-14(19)18-13-5-3-2-4-12(13)15(16)17-18/h2-9H,1H3,(H2,16,17). The number of furan rings is 1. The lowest BCUT2D eigenvalue weighted by molar-refractivity contribution is 0.0960. The largest absolute Gasteiger partial charge is 0.462 e. The Labute approximate surface area is 115 Å². The smallest absolute Gasteiger partial charge is 0.271 e. The number of allylic oxidation sites excluding steroid dienone is 1. The van der Waals surface area contributed by atoms with Crippen LogP contribution in [0.1, 0.15) is 16.3 Å². The molecule has 100 valence electrons. The fraction of sp³-hybridized carbons (Fsp3) is 0.0667. The summed E-state index contributed by atoms with van der Waals surface area (Å²) in [5.74, 6) is 1.49. The van der Waals surface area contributed by atoms with Crippen molar-refractivity contribution in [2.24, 2.45) is 0 Å². The molecule has 0 aliphatic heterocycles. The van der Waals surface area contributed by atoms with Gasteiger partial charge in [-0.15, -0.1) is 5.10 Å². The van der Waals surface area contributed by atoms with E-state index in [1.165, 1.54) is 10.8 Å². The van der Waals surface area contributed by atoms with Crippen molar-refractivity contribution in [3.63, 3.8) is 0 Å². The minimum atomic E-state index is -0.271. The lowest BCUT2D eigenvalue weighted by atomic mass is 10.2. The molecule has 0 unspecified atom stereocenters. The zero-order chi connectivity index (χ0) is 14.1. The second-order valence-corrected chi connectivity index (χ2v) is 4.43. The summed E-state index contributed by atoms with van der Waals surface area (Å²) in [5.41, 5.74) is 6.49. The van der Waals surface area contributed by atoms with Gasteiger partial charge in [-0.2, -0.15) is 4.68 Å². The number of carbonyl (C=O) groups excluding carboxylic acids is 1. The molecule has 2 aromatic heterocycles. The van der Waals surface area contributed by atoms with Crippen molar-refractivity contribution in [3.8, 4) is 0 Å². The van der Waals surface area contributed by atoms with E-state index in [0.717, 1.165) is 11.1 Å². The number of hydrogen-bond donors (Lipinski definition) is 1. The van der Waals surface area contributed by atoms with Gasteiger partial charge in [0.15, 0.2) is 5.82 Å². The number of fused-ring (bicyclic) bond motifs is 1. The fourth-order valence-corrected chi connectivity index (χ4v) is 2.03. The van der Waals surface area contributed by atoms with Crippen molar-refractivity contribution in [1.29, 1.82) is 0 Å². The molecule has 5 heteroatoms. The van der Waals surface area contributed by atoms with E-state index < -0.39 is 0 Å². The number of rotatable bonds is 2. The maximum atomic E-state index is 12.2. The number of nitrogens with two attached hydrogens (primary N) is 1. The summed E-state index contributed by atoms with van der Waals surface area (Å²) >= 11 is 0. The first-order valence-corrected chi connectivity index (χ1v) is 6.17. The Kier molecular flexibility index (Phi) is 2.87. The summed E-state index contributed by atoms with van der Waals surface area (Å²) in [6, 6.07) is 11.0. The molecule has 2 N–H and O–H groups in total. The molecule has 0 radical (unpaired) electrons. The van der Waals surface area contributed by atoms with Crippen LogP contribution in [0.4, 0.5) is 5.82 Å². The molecule has 0 aliphatic carbocycles. The number of hydrogen-bond acceptors (Lipinski definition) is 4. The molecule has 5 nitrogen and oxygen atoms in total. The lowest BCUT2D eigenvalue weighted by Gasteiger charge is -1.96. The fourth-order valence-electron chi connectivity index (χ4n) is 2.03. The van der Waals surface area contributed by atoms with Crippen LogP contribution in [0.25, 0.3) is 17.0 Å². The van der Waals surface area contributed by atoms with Gasteiger partial charge in [0, 0.05) is 11.5 Å². The quantitative estimate of drug-likeness (QED) is 0.724. The number of carbonyl (C=O) groups is 1. The molecule has 0 amide bonds. The van der Waals surface area contributed by atoms with Crippen LogP contribution in [-0.4, -0.2) is 15.7 Å². The van der Waals surface area contributed by atoms with Gasteiger partial charge in [0.2, 0.25) is 0 Å². The molecule has 0 atom stereocenters. The predicted molar refractivity (Wildman–Crippen MR) is 77.3 cm³/mol. The third kappa shape index (κ3) is 2.09. The van der Waals surface area contributed by atoms with E-state index >= 15 is 0 Å². The number of nitrogens with zero attached hydrogens (tertiary/aromatic N) is 2. The molecule has 0 bridgehead atoms. The average Bonchev–Trinajstić information content (AvgIpc) is 3.01. The third-order valence-electron chi connectivity index (χ3n) is 2.98. The van der Waals surface area contributed by atoms with Crippen molar-refractivity contribution < 1.29 is 9.21 Å². The van der Waals surface area contributed by atoms with Gasteiger partial charge in [-0.25, -0.2) is 0 Å². The number of para-hydroxylation sites is 1. The zero-order valence-electron chi connectivity index (χ0n) is 10.9. The number of anilines is 1. The average molecular weight is 267 g/mol. The maximum Gasteiger partial charge on any atom is 0.271 e. The van der Waals surface area contributed by atoms with E-state index in [2.05, 4.69) is 5.10 Å². The van der Waals surface area contributed by atoms with E-state index in [1.807, 2.05) is 37.3 Å². The Morgan fingerprint density at radius 3 is 2.85 bits per heavy atom. The molecule has 2 heterocycles. The van der Waals surface area contributed by atoms with Gasteiger partial charge >= 0.3 is 0 Å². The molecular formula is C15H13N3O2. The summed E-state index contributed by atoms with van der Waals surface area (Å²) < 4.78 is 6.66. The van der Waals surface area contributed by atoms with Crippen molar-refractivity contribution in [1.82, 2.24) is 9.78 Å². The number of benzene rings is 1. The van der Waals surface area contributed by atoms with E-state index in [1.54, 1.807) is 12.1 Å². The molecule has 0 saturated heterocycles. The molecule has 0 saturated carbocycles. The summed E-state index contributed by atoms with van der Waals surface area (Å²) in [6.45, 7) is 1.85. The summed E-state index contributed by atoms with van der Waals surface area (Å²) in [4.78, 5) is 12.2. The second-order valence-electron chi connectivity index (χ2n) is 4.43. The van der Waals surface area contributed by atoms with Gasteiger partial charge in [-0.1, -0.05) is 12.1 Å². The van der Waals surface area contributed by atoms with E-state index in [-0.39, 0.29) is 5.91 Å². The predicted octanol–water partition coefficient (Wildman–Crippen LogP) is 2.87. The van der Waals surface area contributed by atoms with Crippen molar-refractivity contribution in [2.45, 2.75) is 6.92 Å². The minimum absolute atomic E-state index is 0.271. The molecule has 0 fully saturated rings. The van der Waals surface area contributed by atoms with Gasteiger partial charge in [-0.05, 0) is 37.3 Å². The monoisotopic (exact) mass is 267 g/mol. The Morgan fingerprint density at radius 2 is 2.10 bits per heavy atom. The number of aromatic nitrogens is 2. The van der Waals surface area contributed by atoms with E-state index in [9.17, 15) is 4.79 Å². The third-order valence-corrected chi connectivity index (χ3v) is 2.98. The molecule has 3 rings (SSSR count). The Hall–Kier alpha value is -2.82. The number of aryl methyl sites for hydroxylation is 1. The zero-order valence-corrected chi connectivity index (χ0v) is 10.9. The van der Waals surface area contributed by atoms with Crippen molar-refractivity contribution in [3.05, 3.63) is 54.0 Å². The first-order valence-electron chi connectivity index (χ1n) is 6.17. The lowest BCUT2D eigenvalue weighted by Crippen LogP contribution is -2.09. The topological polar surface area (TPSA) is 74.0 Å². The minimum Gasteiger partial charge on any atom is -0.462 e. The maximum absolute atomic E-state index is 12.2. The summed E-state index contributed by atoms with van der Waals surface area (Å²) in [6.07, 6.45) is 3.03. The van der Waals surface area contributed by atoms with Crippen molar-refractivity contribution >= 4 is 28.7 Å². The molecule has 0 aliphatic rings. The van der Waals surface area contributed by atoms with Crippen LogP contribution in [-0.2, 0) is 0 Å². The van der Waals surface area contributed by atoms with Gasteiger partial charge in [0.25, 0.3) is 5.91 Å². The van der Waals surface area contributed by atoms with Crippen LogP contribution < -0.4 is 5.73 Å². The van der Waals surface area contributed by atoms with Crippen LogP contribution in [0, 0.1) is 6.92 Å². The van der Waals surface area contributed by atoms with Gasteiger partial charge < -0.3 is 10.2 Å². The summed E-state index contributed by atoms with van der Waals surface area (Å²) in [7, 11) is 0. The summed E-state index contributed by atoms with van der Waals surface area (Å²) in [5, 5.41) is 4.84. The Bertz CT molecular complexity index is 812. The van der Waals surface area contributed by atoms with E-state index in [4.69, 9.17) is 10.2 Å². The van der Waals surface area contributed by atoms with Crippen LogP contribution in [0.5, 0.6) is 0 Å². The second kappa shape index (κ2) is 4.70. The van der Waals surface area contributed by atoms with Gasteiger partial charge in [-0.3, -0.25) is 4.79 Å². The van der Waals surface area contributed by atoms with E-state index in [0.29, 0.717) is 17.1 Å². The highest BCUT2D eigenvalue weighted by Crippen LogP contribution is 2.20. The highest BCUT2D eigenvalue weighted by atomic mass is 16.3. The van der Waals surface area contributed by atoms with Gasteiger partial charge in [0.1, 0.15) is 11.5 Å². The normalized spacial score (nSPS) is 11.4.